The van der Waals surface area contributed by atoms with Gasteiger partial charge in [0.25, 0.3) is 0 Å². The number of ether oxygens (including phenoxy) is 1. The van der Waals surface area contributed by atoms with E-state index < -0.39 is 6.04 Å². The number of hydrogen-bond donors (Lipinski definition) is 2. The molecule has 6 nitrogen and oxygen atoms in total. The highest BCUT2D eigenvalue weighted by molar-refractivity contribution is 5.87. The largest absolute Gasteiger partial charge is 0.378 e. The Hall–Kier alpha value is -1.14. The molecule has 3 N–H and O–H groups in total. The zero-order valence-electron chi connectivity index (χ0n) is 12.1. The van der Waals surface area contributed by atoms with Gasteiger partial charge < -0.3 is 20.7 Å². The van der Waals surface area contributed by atoms with Crippen molar-refractivity contribution in [2.75, 3.05) is 26.3 Å². The van der Waals surface area contributed by atoms with E-state index in [1.807, 2.05) is 13.8 Å². The summed E-state index contributed by atoms with van der Waals surface area (Å²) >= 11 is 0. The van der Waals surface area contributed by atoms with Crippen LogP contribution in [0.3, 0.4) is 0 Å². The minimum absolute atomic E-state index is 0.0522. The first kappa shape index (κ1) is 15.9. The lowest BCUT2D eigenvalue weighted by Crippen LogP contribution is -2.50. The summed E-state index contributed by atoms with van der Waals surface area (Å²) in [6.45, 7) is 7.78. The molecule has 1 atom stereocenters. The number of nitrogens with zero attached hydrogens (tertiary/aromatic N) is 1. The highest BCUT2D eigenvalue weighted by Crippen LogP contribution is 2.07. The molecule has 1 fully saturated rings. The topological polar surface area (TPSA) is 84.7 Å². The minimum Gasteiger partial charge on any atom is -0.378 e. The zero-order valence-corrected chi connectivity index (χ0v) is 12.1. The first-order chi connectivity index (χ1) is 8.79. The van der Waals surface area contributed by atoms with Crippen molar-refractivity contribution in [3.8, 4) is 0 Å². The molecule has 0 aliphatic carbocycles. The molecule has 2 amide bonds. The SMILES string of the molecule is CC(NC(=O)CCC(C)(C)N)C(=O)N1CCOCC1. The smallest absolute Gasteiger partial charge is 0.245 e. The summed E-state index contributed by atoms with van der Waals surface area (Å²) in [7, 11) is 0. The van der Waals surface area contributed by atoms with Gasteiger partial charge in [0.1, 0.15) is 6.04 Å². The summed E-state index contributed by atoms with van der Waals surface area (Å²) in [5.74, 6) is -0.184. The monoisotopic (exact) mass is 271 g/mol. The summed E-state index contributed by atoms with van der Waals surface area (Å²) in [5, 5.41) is 2.72. The Morgan fingerprint density at radius 2 is 1.95 bits per heavy atom. The molecule has 0 aromatic rings. The predicted octanol–water partition coefficient (Wildman–Crippen LogP) is -0.133. The summed E-state index contributed by atoms with van der Waals surface area (Å²) in [6, 6.07) is -0.494. The van der Waals surface area contributed by atoms with E-state index in [1.165, 1.54) is 0 Å². The maximum Gasteiger partial charge on any atom is 0.245 e. The Kier molecular flexibility index (Phi) is 5.75. The second-order valence-corrected chi connectivity index (χ2v) is 5.72. The van der Waals surface area contributed by atoms with Gasteiger partial charge in [-0.25, -0.2) is 0 Å². The van der Waals surface area contributed by atoms with Crippen LogP contribution in [0.15, 0.2) is 0 Å². The van der Waals surface area contributed by atoms with Gasteiger partial charge in [0.05, 0.1) is 13.2 Å². The first-order valence-electron chi connectivity index (χ1n) is 6.74. The fourth-order valence-corrected chi connectivity index (χ4v) is 1.87. The van der Waals surface area contributed by atoms with Gasteiger partial charge in [-0.2, -0.15) is 0 Å². The average Bonchev–Trinajstić information content (AvgIpc) is 2.35. The normalized spacial score (nSPS) is 18.0. The van der Waals surface area contributed by atoms with Gasteiger partial charge in [0, 0.05) is 25.0 Å². The molecule has 1 unspecified atom stereocenters. The Morgan fingerprint density at radius 3 is 2.47 bits per heavy atom. The maximum atomic E-state index is 12.1. The number of carbonyl (C=O) groups excluding carboxylic acids is 2. The van der Waals surface area contributed by atoms with Crippen LogP contribution < -0.4 is 11.1 Å². The van der Waals surface area contributed by atoms with Crippen LogP contribution in [-0.2, 0) is 14.3 Å². The summed E-state index contributed by atoms with van der Waals surface area (Å²) < 4.78 is 5.19. The lowest BCUT2D eigenvalue weighted by atomic mass is 10.00. The molecule has 0 bridgehead atoms. The van der Waals surface area contributed by atoms with E-state index >= 15 is 0 Å². The van der Waals surface area contributed by atoms with Gasteiger partial charge in [-0.1, -0.05) is 0 Å². The number of morpholine rings is 1. The van der Waals surface area contributed by atoms with E-state index in [2.05, 4.69) is 5.32 Å². The van der Waals surface area contributed by atoms with E-state index in [-0.39, 0.29) is 17.4 Å². The van der Waals surface area contributed by atoms with Crippen molar-refractivity contribution in [3.63, 3.8) is 0 Å². The van der Waals surface area contributed by atoms with Crippen molar-refractivity contribution in [1.82, 2.24) is 10.2 Å². The number of hydrogen-bond acceptors (Lipinski definition) is 4. The number of rotatable bonds is 5. The van der Waals surface area contributed by atoms with Gasteiger partial charge in [-0.15, -0.1) is 0 Å². The lowest BCUT2D eigenvalue weighted by molar-refractivity contribution is -0.139. The van der Waals surface area contributed by atoms with Crippen molar-refractivity contribution in [3.05, 3.63) is 0 Å². The predicted molar refractivity (Wildman–Crippen MR) is 72.5 cm³/mol. The van der Waals surface area contributed by atoms with Gasteiger partial charge in [0.2, 0.25) is 11.8 Å². The molecule has 0 aromatic carbocycles. The Balaban J connectivity index is 2.34. The molecular formula is C13H25N3O3. The van der Waals surface area contributed by atoms with Crippen molar-refractivity contribution in [1.29, 1.82) is 0 Å². The number of nitrogens with two attached hydrogens (primary N) is 1. The molecule has 1 heterocycles. The van der Waals surface area contributed by atoms with E-state index in [0.717, 1.165) is 0 Å². The van der Waals surface area contributed by atoms with E-state index in [9.17, 15) is 9.59 Å². The van der Waals surface area contributed by atoms with Gasteiger partial charge in [-0.3, -0.25) is 9.59 Å². The highest BCUT2D eigenvalue weighted by atomic mass is 16.5. The Bertz CT molecular complexity index is 320. The van der Waals surface area contributed by atoms with Crippen LogP contribution >= 0.6 is 0 Å². The summed E-state index contributed by atoms with van der Waals surface area (Å²) in [4.78, 5) is 25.5. The molecule has 0 radical (unpaired) electrons. The number of carbonyl (C=O) groups is 2. The third-order valence-electron chi connectivity index (χ3n) is 3.07. The lowest BCUT2D eigenvalue weighted by Gasteiger charge is -2.29. The first-order valence-corrected chi connectivity index (χ1v) is 6.74. The average molecular weight is 271 g/mol. The second kappa shape index (κ2) is 6.86. The van der Waals surface area contributed by atoms with Crippen LogP contribution in [-0.4, -0.2) is 54.6 Å². The Labute approximate surface area is 114 Å². The van der Waals surface area contributed by atoms with Gasteiger partial charge in [0.15, 0.2) is 0 Å². The Morgan fingerprint density at radius 1 is 1.37 bits per heavy atom. The standard InChI is InChI=1S/C13H25N3O3/c1-10(12(18)16-6-8-19-9-7-16)15-11(17)4-5-13(2,3)14/h10H,4-9,14H2,1-3H3,(H,15,17). The fourth-order valence-electron chi connectivity index (χ4n) is 1.87. The van der Waals surface area contributed by atoms with E-state index in [1.54, 1.807) is 11.8 Å². The minimum atomic E-state index is -0.494. The van der Waals surface area contributed by atoms with E-state index in [4.69, 9.17) is 10.5 Å². The van der Waals surface area contributed by atoms with Crippen LogP contribution in [0.4, 0.5) is 0 Å². The quantitative estimate of drug-likeness (QED) is 0.729. The van der Waals surface area contributed by atoms with Gasteiger partial charge in [-0.05, 0) is 27.2 Å². The molecule has 1 saturated heterocycles. The molecule has 1 aliphatic heterocycles. The number of nitrogens with one attached hydrogen (secondary N) is 1. The van der Waals surface area contributed by atoms with Crippen LogP contribution in [0.1, 0.15) is 33.6 Å². The highest BCUT2D eigenvalue weighted by Gasteiger charge is 2.24. The molecule has 19 heavy (non-hydrogen) atoms. The number of amides is 2. The van der Waals surface area contributed by atoms with Crippen molar-refractivity contribution >= 4 is 11.8 Å². The molecule has 6 heteroatoms. The van der Waals surface area contributed by atoms with Crippen molar-refractivity contribution < 1.29 is 14.3 Å². The maximum absolute atomic E-state index is 12.1. The molecule has 110 valence electrons. The molecule has 1 rings (SSSR count). The van der Waals surface area contributed by atoms with Gasteiger partial charge >= 0.3 is 0 Å². The van der Waals surface area contributed by atoms with Crippen LogP contribution in [0, 0.1) is 0 Å². The molecule has 0 aromatic heterocycles. The molecular weight excluding hydrogens is 246 g/mol. The third kappa shape index (κ3) is 6.02. The second-order valence-electron chi connectivity index (χ2n) is 5.72. The van der Waals surface area contributed by atoms with Crippen LogP contribution in [0.2, 0.25) is 0 Å². The van der Waals surface area contributed by atoms with Crippen molar-refractivity contribution in [2.24, 2.45) is 5.73 Å². The third-order valence-corrected chi connectivity index (χ3v) is 3.07. The molecule has 0 spiro atoms. The van der Waals surface area contributed by atoms with Crippen LogP contribution in [0.25, 0.3) is 0 Å². The van der Waals surface area contributed by atoms with Crippen molar-refractivity contribution in [2.45, 2.75) is 45.2 Å². The van der Waals surface area contributed by atoms with E-state index in [0.29, 0.717) is 39.1 Å². The molecule has 1 aliphatic rings. The molecule has 0 saturated carbocycles. The zero-order chi connectivity index (χ0) is 14.5. The summed E-state index contributed by atoms with van der Waals surface area (Å²) in [5.41, 5.74) is 5.46. The summed E-state index contributed by atoms with van der Waals surface area (Å²) in [6.07, 6.45) is 0.932. The fraction of sp³-hybridized carbons (Fsp3) is 0.846. The van der Waals surface area contributed by atoms with Crippen LogP contribution in [0.5, 0.6) is 0 Å².